The molecule has 1 saturated carbocycles. The summed E-state index contributed by atoms with van der Waals surface area (Å²) in [5.41, 5.74) is 3.13. The summed E-state index contributed by atoms with van der Waals surface area (Å²) >= 11 is 0. The van der Waals surface area contributed by atoms with E-state index in [9.17, 15) is 9.59 Å². The Morgan fingerprint density at radius 1 is 1.15 bits per heavy atom. The molecular formula is C20H25N3O3. The summed E-state index contributed by atoms with van der Waals surface area (Å²) in [6, 6.07) is 6.04. The van der Waals surface area contributed by atoms with Crippen LogP contribution < -0.4 is 0 Å². The molecule has 0 radical (unpaired) electrons. The number of aryl methyl sites for hydroxylation is 1. The number of amides is 1. The van der Waals surface area contributed by atoms with Crippen molar-refractivity contribution in [3.8, 4) is 0 Å². The van der Waals surface area contributed by atoms with Gasteiger partial charge in [-0.3, -0.25) is 14.5 Å². The highest BCUT2D eigenvalue weighted by Gasteiger charge is 2.29. The van der Waals surface area contributed by atoms with Gasteiger partial charge in [0.25, 0.3) is 5.91 Å². The minimum Gasteiger partial charge on any atom is -0.459 e. The van der Waals surface area contributed by atoms with Crippen LogP contribution in [0.3, 0.4) is 0 Å². The number of furan rings is 1. The molecule has 1 aliphatic heterocycles. The van der Waals surface area contributed by atoms with Gasteiger partial charge in [-0.2, -0.15) is 0 Å². The zero-order valence-electron chi connectivity index (χ0n) is 15.4. The first-order chi connectivity index (χ1) is 12.5. The van der Waals surface area contributed by atoms with E-state index in [0.717, 1.165) is 11.3 Å². The first kappa shape index (κ1) is 17.1. The second kappa shape index (κ2) is 6.76. The summed E-state index contributed by atoms with van der Waals surface area (Å²) in [6.45, 7) is 7.21. The molecule has 0 atom stereocenters. The van der Waals surface area contributed by atoms with Crippen LogP contribution in [-0.4, -0.2) is 58.8 Å². The van der Waals surface area contributed by atoms with E-state index in [2.05, 4.69) is 23.3 Å². The predicted molar refractivity (Wildman–Crippen MR) is 97.6 cm³/mol. The Morgan fingerprint density at radius 2 is 1.88 bits per heavy atom. The maximum absolute atomic E-state index is 12.8. The molecule has 2 fully saturated rings. The van der Waals surface area contributed by atoms with E-state index in [1.165, 1.54) is 24.8 Å². The Labute approximate surface area is 153 Å². The summed E-state index contributed by atoms with van der Waals surface area (Å²) in [5, 5.41) is 0. The smallest absolute Gasteiger partial charge is 0.289 e. The lowest BCUT2D eigenvalue weighted by Gasteiger charge is -2.33. The van der Waals surface area contributed by atoms with Crippen molar-refractivity contribution in [1.82, 2.24) is 14.4 Å². The summed E-state index contributed by atoms with van der Waals surface area (Å²) < 4.78 is 7.50. The molecule has 6 heteroatoms. The largest absolute Gasteiger partial charge is 0.459 e. The third-order valence-electron chi connectivity index (χ3n) is 5.46. The molecule has 0 N–H and O–H groups in total. The lowest BCUT2D eigenvalue weighted by molar-refractivity contribution is 0.0596. The maximum Gasteiger partial charge on any atom is 0.289 e. The molecule has 1 saturated heterocycles. The van der Waals surface area contributed by atoms with E-state index in [1.807, 2.05) is 6.07 Å². The van der Waals surface area contributed by atoms with Gasteiger partial charge in [0.15, 0.2) is 11.5 Å². The highest BCUT2D eigenvalue weighted by atomic mass is 16.3. The fraction of sp³-hybridized carbons (Fsp3) is 0.500. The van der Waals surface area contributed by atoms with Gasteiger partial charge < -0.3 is 13.9 Å². The van der Waals surface area contributed by atoms with E-state index >= 15 is 0 Å². The van der Waals surface area contributed by atoms with Gasteiger partial charge in [-0.25, -0.2) is 0 Å². The molecule has 1 aliphatic carbocycles. The van der Waals surface area contributed by atoms with Gasteiger partial charge in [0, 0.05) is 49.2 Å². The van der Waals surface area contributed by atoms with Gasteiger partial charge in [0.05, 0.1) is 12.8 Å². The maximum atomic E-state index is 12.8. The number of hydrogen-bond donors (Lipinski definition) is 0. The van der Waals surface area contributed by atoms with Gasteiger partial charge in [0.2, 0.25) is 0 Å². The van der Waals surface area contributed by atoms with Gasteiger partial charge in [-0.05, 0) is 44.9 Å². The third-order valence-corrected chi connectivity index (χ3v) is 5.46. The quantitative estimate of drug-likeness (QED) is 0.774. The topological polar surface area (TPSA) is 58.7 Å². The standard InChI is InChI=1S/C20H25N3O3/c1-14-12-17(15(2)23(14)16-5-6-16)18(24)13-21-7-9-22(10-8-21)20(25)19-4-3-11-26-19/h3-4,11-12,16H,5-10,13H2,1-2H3. The molecule has 0 spiro atoms. The number of nitrogens with zero attached hydrogens (tertiary/aromatic N) is 3. The van der Waals surface area contributed by atoms with Crippen LogP contribution in [0.4, 0.5) is 0 Å². The molecular weight excluding hydrogens is 330 g/mol. The van der Waals surface area contributed by atoms with Crippen molar-refractivity contribution in [2.24, 2.45) is 0 Å². The number of ketones is 1. The molecule has 2 aliphatic rings. The minimum atomic E-state index is -0.0750. The van der Waals surface area contributed by atoms with Crippen LogP contribution in [0, 0.1) is 13.8 Å². The fourth-order valence-electron chi connectivity index (χ4n) is 3.91. The van der Waals surface area contributed by atoms with E-state index < -0.39 is 0 Å². The molecule has 0 bridgehead atoms. The Morgan fingerprint density at radius 3 is 2.50 bits per heavy atom. The number of Topliss-reactive ketones (excluding diaryl/α,β-unsaturated/α-hetero) is 1. The number of rotatable bonds is 5. The second-order valence-corrected chi connectivity index (χ2v) is 7.35. The van der Waals surface area contributed by atoms with Gasteiger partial charge >= 0.3 is 0 Å². The van der Waals surface area contributed by atoms with Crippen LogP contribution in [-0.2, 0) is 0 Å². The molecule has 2 aromatic heterocycles. The Bertz CT molecular complexity index is 810. The summed E-state index contributed by atoms with van der Waals surface area (Å²) in [5.74, 6) is 0.479. The van der Waals surface area contributed by atoms with Gasteiger partial charge in [0.1, 0.15) is 0 Å². The third kappa shape index (κ3) is 3.21. The normalized spacial score (nSPS) is 18.3. The minimum absolute atomic E-state index is 0.0750. The van der Waals surface area contributed by atoms with Crippen molar-refractivity contribution in [2.75, 3.05) is 32.7 Å². The molecule has 3 heterocycles. The van der Waals surface area contributed by atoms with Crippen molar-refractivity contribution in [3.63, 3.8) is 0 Å². The molecule has 0 unspecified atom stereocenters. The molecule has 1 amide bonds. The highest BCUT2D eigenvalue weighted by molar-refractivity contribution is 5.99. The van der Waals surface area contributed by atoms with Crippen molar-refractivity contribution in [3.05, 3.63) is 47.2 Å². The Hall–Kier alpha value is -2.34. The van der Waals surface area contributed by atoms with Gasteiger partial charge in [-0.15, -0.1) is 0 Å². The van der Waals surface area contributed by atoms with Crippen LogP contribution in [0.5, 0.6) is 0 Å². The molecule has 0 aromatic carbocycles. The number of aromatic nitrogens is 1. The van der Waals surface area contributed by atoms with Crippen LogP contribution in [0.15, 0.2) is 28.9 Å². The predicted octanol–water partition coefficient (Wildman–Crippen LogP) is 2.67. The Balaban J connectivity index is 1.35. The van der Waals surface area contributed by atoms with Crippen molar-refractivity contribution in [1.29, 1.82) is 0 Å². The number of piperazine rings is 1. The average molecular weight is 355 g/mol. The molecule has 4 rings (SSSR count). The van der Waals surface area contributed by atoms with E-state index in [1.54, 1.807) is 17.0 Å². The molecule has 26 heavy (non-hydrogen) atoms. The SMILES string of the molecule is Cc1cc(C(=O)CN2CCN(C(=O)c3ccco3)CC2)c(C)n1C1CC1. The van der Waals surface area contributed by atoms with E-state index in [0.29, 0.717) is 44.5 Å². The number of hydrogen-bond acceptors (Lipinski definition) is 4. The number of carbonyl (C=O) groups excluding carboxylic acids is 2. The summed E-state index contributed by atoms with van der Waals surface area (Å²) in [4.78, 5) is 29.0. The average Bonchev–Trinajstić information content (AvgIpc) is 3.20. The molecule has 6 nitrogen and oxygen atoms in total. The number of carbonyl (C=O) groups is 2. The first-order valence-corrected chi connectivity index (χ1v) is 9.31. The lowest BCUT2D eigenvalue weighted by atomic mass is 10.1. The summed E-state index contributed by atoms with van der Waals surface area (Å²) in [7, 11) is 0. The lowest BCUT2D eigenvalue weighted by Crippen LogP contribution is -2.49. The van der Waals surface area contributed by atoms with Gasteiger partial charge in [-0.1, -0.05) is 0 Å². The zero-order valence-corrected chi connectivity index (χ0v) is 15.4. The second-order valence-electron chi connectivity index (χ2n) is 7.35. The van der Waals surface area contributed by atoms with Crippen molar-refractivity contribution < 1.29 is 14.0 Å². The first-order valence-electron chi connectivity index (χ1n) is 9.31. The van der Waals surface area contributed by atoms with E-state index in [-0.39, 0.29) is 11.7 Å². The van der Waals surface area contributed by atoms with Crippen LogP contribution >= 0.6 is 0 Å². The van der Waals surface area contributed by atoms with Crippen molar-refractivity contribution >= 4 is 11.7 Å². The molecule has 138 valence electrons. The molecule has 2 aromatic rings. The van der Waals surface area contributed by atoms with E-state index in [4.69, 9.17) is 4.42 Å². The zero-order chi connectivity index (χ0) is 18.3. The van der Waals surface area contributed by atoms with Crippen LogP contribution in [0.1, 0.15) is 51.2 Å². The van der Waals surface area contributed by atoms with Crippen LogP contribution in [0.2, 0.25) is 0 Å². The van der Waals surface area contributed by atoms with Crippen LogP contribution in [0.25, 0.3) is 0 Å². The fourth-order valence-corrected chi connectivity index (χ4v) is 3.91. The Kier molecular flexibility index (Phi) is 4.44. The van der Waals surface area contributed by atoms with Crippen molar-refractivity contribution in [2.45, 2.75) is 32.7 Å². The monoisotopic (exact) mass is 355 g/mol. The summed E-state index contributed by atoms with van der Waals surface area (Å²) in [6.07, 6.45) is 3.95. The highest BCUT2D eigenvalue weighted by Crippen LogP contribution is 2.38.